The number of fused-ring (bicyclic) bond motifs is 6. The molecule has 7 aromatic carbocycles. The van der Waals surface area contributed by atoms with Gasteiger partial charge in [0.25, 0.3) is 0 Å². The molecule has 0 spiro atoms. The number of nitrogens with zero attached hydrogens (tertiary/aromatic N) is 3. The van der Waals surface area contributed by atoms with Gasteiger partial charge in [0.1, 0.15) is 5.82 Å². The van der Waals surface area contributed by atoms with Crippen molar-refractivity contribution in [2.75, 3.05) is 0 Å². The van der Waals surface area contributed by atoms with Crippen LogP contribution in [-0.2, 0) is 0 Å². The molecule has 0 aliphatic rings. The van der Waals surface area contributed by atoms with Gasteiger partial charge < -0.3 is 4.57 Å². The fourth-order valence-electron chi connectivity index (χ4n) is 7.83. The summed E-state index contributed by atoms with van der Waals surface area (Å²) in [5.74, 6) is 0.973. The Morgan fingerprint density at radius 3 is 1.68 bits per heavy atom. The minimum atomic E-state index is 0.973. The Morgan fingerprint density at radius 1 is 0.426 bits per heavy atom. The van der Waals surface area contributed by atoms with E-state index in [-0.39, 0.29) is 0 Å². The second-order valence-corrected chi connectivity index (χ2v) is 13.5. The molecular formula is C43H25N3S. The Morgan fingerprint density at radius 2 is 0.979 bits per heavy atom. The van der Waals surface area contributed by atoms with E-state index in [2.05, 4.69) is 161 Å². The number of rotatable bonds is 3. The van der Waals surface area contributed by atoms with E-state index in [4.69, 9.17) is 4.98 Å². The third kappa shape index (κ3) is 3.42. The smallest absolute Gasteiger partial charge is 0.145 e. The molecule has 0 fully saturated rings. The van der Waals surface area contributed by atoms with Crippen LogP contribution in [0.5, 0.6) is 0 Å². The Bertz CT molecular complexity index is 2940. The monoisotopic (exact) mass is 615 g/mol. The SMILES string of the molecule is c1cc2sc3ccc4nc(-c5ccc(-c6ccc(-n7c8ccccc8c8ccccc87)cc6)cc5)n5c6ccccc6c(c1)c2c3c45. The van der Waals surface area contributed by atoms with Gasteiger partial charge in [0.05, 0.1) is 27.6 Å². The molecule has 0 N–H and O–H groups in total. The Balaban J connectivity index is 1.06. The standard InChI is InChI=1S/C43H25N3S/c1-4-12-35-30(8-1)31-9-2-5-13-36(31)45(35)29-22-20-27(21-23-29)26-16-18-28(19-17-26)43-44-34-24-25-39-41-40-33(11-7-15-38(40)47-39)32-10-3-6-14-37(32)46(43)42(34)41/h1-25H. The van der Waals surface area contributed by atoms with Crippen LogP contribution in [0.1, 0.15) is 0 Å². The number of aromatic nitrogens is 3. The minimum absolute atomic E-state index is 0.973. The predicted octanol–water partition coefficient (Wildman–Crippen LogP) is 11.9. The van der Waals surface area contributed by atoms with Crippen LogP contribution in [0.4, 0.5) is 0 Å². The van der Waals surface area contributed by atoms with Crippen molar-refractivity contribution >= 4 is 80.6 Å². The molecular weight excluding hydrogens is 591 g/mol. The highest BCUT2D eigenvalue weighted by Gasteiger charge is 2.21. The molecule has 0 aliphatic heterocycles. The summed E-state index contributed by atoms with van der Waals surface area (Å²) in [6, 6.07) is 55.1. The largest absolute Gasteiger partial charge is 0.309 e. The average molecular weight is 616 g/mol. The Hall–Kier alpha value is -5.97. The molecule has 4 heterocycles. The molecule has 218 valence electrons. The van der Waals surface area contributed by atoms with Crippen LogP contribution < -0.4 is 0 Å². The first-order valence-electron chi connectivity index (χ1n) is 16.0. The molecule has 0 atom stereocenters. The zero-order valence-electron chi connectivity index (χ0n) is 25.2. The van der Waals surface area contributed by atoms with E-state index in [9.17, 15) is 0 Å². The summed E-state index contributed by atoms with van der Waals surface area (Å²) in [4.78, 5) is 5.28. The number of imidazole rings is 1. The van der Waals surface area contributed by atoms with Crippen LogP contribution in [-0.4, -0.2) is 14.0 Å². The first kappa shape index (κ1) is 25.2. The average Bonchev–Trinajstić information content (AvgIpc) is 3.79. The first-order valence-corrected chi connectivity index (χ1v) is 16.8. The number of thiophene rings is 1. The highest BCUT2D eigenvalue weighted by atomic mass is 32.1. The summed E-state index contributed by atoms with van der Waals surface area (Å²) in [5.41, 5.74) is 10.5. The molecule has 11 aromatic rings. The summed E-state index contributed by atoms with van der Waals surface area (Å²) in [7, 11) is 0. The number of benzene rings is 7. The fraction of sp³-hybridized carbons (Fsp3) is 0. The summed E-state index contributed by atoms with van der Waals surface area (Å²) in [5, 5.41) is 7.75. The normalized spacial score (nSPS) is 12.3. The zero-order chi connectivity index (χ0) is 30.6. The van der Waals surface area contributed by atoms with Crippen molar-refractivity contribution in [1.29, 1.82) is 0 Å². The van der Waals surface area contributed by atoms with Crippen molar-refractivity contribution in [3.63, 3.8) is 0 Å². The van der Waals surface area contributed by atoms with Crippen LogP contribution in [0, 0.1) is 0 Å². The lowest BCUT2D eigenvalue weighted by Gasteiger charge is -2.10. The van der Waals surface area contributed by atoms with Crippen molar-refractivity contribution in [2.24, 2.45) is 0 Å². The van der Waals surface area contributed by atoms with E-state index in [1.165, 1.54) is 74.9 Å². The van der Waals surface area contributed by atoms with Gasteiger partial charge in [-0.25, -0.2) is 4.98 Å². The Labute approximate surface area is 273 Å². The molecule has 0 saturated heterocycles. The van der Waals surface area contributed by atoms with E-state index in [0.29, 0.717) is 0 Å². The van der Waals surface area contributed by atoms with Crippen LogP contribution >= 0.6 is 11.3 Å². The zero-order valence-corrected chi connectivity index (χ0v) is 26.0. The third-order valence-corrected chi connectivity index (χ3v) is 11.0. The van der Waals surface area contributed by atoms with E-state index < -0.39 is 0 Å². The van der Waals surface area contributed by atoms with Gasteiger partial charge in [-0.05, 0) is 65.0 Å². The summed E-state index contributed by atoms with van der Waals surface area (Å²) < 4.78 is 7.39. The molecule has 0 saturated carbocycles. The molecule has 0 bridgehead atoms. The van der Waals surface area contributed by atoms with Crippen LogP contribution in [0.3, 0.4) is 0 Å². The molecule has 0 aliphatic carbocycles. The molecule has 11 rings (SSSR count). The maximum Gasteiger partial charge on any atom is 0.145 e. The van der Waals surface area contributed by atoms with E-state index in [1.807, 2.05) is 11.3 Å². The molecule has 0 amide bonds. The van der Waals surface area contributed by atoms with E-state index >= 15 is 0 Å². The van der Waals surface area contributed by atoms with Gasteiger partial charge in [-0.15, -0.1) is 11.3 Å². The van der Waals surface area contributed by atoms with Crippen molar-refractivity contribution in [3.8, 4) is 28.2 Å². The third-order valence-electron chi connectivity index (χ3n) is 9.89. The lowest BCUT2D eigenvalue weighted by molar-refractivity contribution is 1.18. The minimum Gasteiger partial charge on any atom is -0.309 e. The lowest BCUT2D eigenvalue weighted by atomic mass is 10.0. The van der Waals surface area contributed by atoms with Crippen molar-refractivity contribution < 1.29 is 0 Å². The van der Waals surface area contributed by atoms with Gasteiger partial charge >= 0.3 is 0 Å². The van der Waals surface area contributed by atoms with E-state index in [0.717, 1.165) is 22.6 Å². The molecule has 4 aromatic heterocycles. The maximum absolute atomic E-state index is 5.28. The summed E-state index contributed by atoms with van der Waals surface area (Å²) >= 11 is 1.87. The topological polar surface area (TPSA) is 22.2 Å². The molecule has 0 radical (unpaired) electrons. The second kappa shape index (κ2) is 9.29. The number of hydrogen-bond acceptors (Lipinski definition) is 2. The molecule has 47 heavy (non-hydrogen) atoms. The first-order chi connectivity index (χ1) is 23.3. The lowest BCUT2D eigenvalue weighted by Crippen LogP contribution is -1.93. The fourth-order valence-corrected chi connectivity index (χ4v) is 8.97. The van der Waals surface area contributed by atoms with Crippen molar-refractivity contribution in [1.82, 2.24) is 14.0 Å². The number of para-hydroxylation sites is 3. The molecule has 3 nitrogen and oxygen atoms in total. The van der Waals surface area contributed by atoms with E-state index in [1.54, 1.807) is 0 Å². The predicted molar refractivity (Wildman–Crippen MR) is 199 cm³/mol. The van der Waals surface area contributed by atoms with Gasteiger partial charge in [0.15, 0.2) is 0 Å². The number of hydrogen-bond donors (Lipinski definition) is 0. The van der Waals surface area contributed by atoms with Gasteiger partial charge in [-0.2, -0.15) is 0 Å². The van der Waals surface area contributed by atoms with Crippen molar-refractivity contribution in [2.45, 2.75) is 0 Å². The second-order valence-electron chi connectivity index (χ2n) is 12.4. The quantitative estimate of drug-likeness (QED) is 0.194. The highest BCUT2D eigenvalue weighted by molar-refractivity contribution is 7.26. The molecule has 4 heteroatoms. The molecule has 0 unspecified atom stereocenters. The van der Waals surface area contributed by atoms with Crippen LogP contribution in [0.2, 0.25) is 0 Å². The Kier molecular flexibility index (Phi) is 4.99. The summed E-state index contributed by atoms with van der Waals surface area (Å²) in [6.07, 6.45) is 0. The van der Waals surface area contributed by atoms with Gasteiger partial charge in [0.2, 0.25) is 0 Å². The van der Waals surface area contributed by atoms with Gasteiger partial charge in [-0.3, -0.25) is 4.40 Å². The highest BCUT2D eigenvalue weighted by Crippen LogP contribution is 2.45. The summed E-state index contributed by atoms with van der Waals surface area (Å²) in [6.45, 7) is 0. The van der Waals surface area contributed by atoms with Crippen molar-refractivity contribution in [3.05, 3.63) is 152 Å². The van der Waals surface area contributed by atoms with Gasteiger partial charge in [-0.1, -0.05) is 103 Å². The maximum atomic E-state index is 5.28. The van der Waals surface area contributed by atoms with Crippen LogP contribution in [0.15, 0.2) is 152 Å². The van der Waals surface area contributed by atoms with Gasteiger partial charge in [0, 0.05) is 47.6 Å². The van der Waals surface area contributed by atoms with Crippen LogP contribution in [0.25, 0.3) is 97.5 Å².